The van der Waals surface area contributed by atoms with Crippen molar-refractivity contribution in [2.24, 2.45) is 0 Å². The molecule has 1 nitrogen and oxygen atoms in total. The third kappa shape index (κ3) is 3.82. The fraction of sp³-hybridized carbons (Fsp3) is 0.625. The van der Waals surface area contributed by atoms with Crippen molar-refractivity contribution in [3.05, 3.63) is 29.6 Å². The molecular formula is C16H27FOSi. The average Bonchev–Trinajstić information content (AvgIpc) is 2.17. The first-order chi connectivity index (χ1) is 8.34. The molecule has 1 rings (SSSR count). The Bertz CT molecular complexity index is 453. The molecule has 0 amide bonds. The molecule has 0 bridgehead atoms. The molecule has 0 N–H and O–H groups in total. The number of benzene rings is 1. The van der Waals surface area contributed by atoms with E-state index in [4.69, 9.17) is 4.43 Å². The molecule has 0 fully saturated rings. The van der Waals surface area contributed by atoms with E-state index in [0.29, 0.717) is 5.75 Å². The Kier molecular flexibility index (Phi) is 4.21. The zero-order valence-electron chi connectivity index (χ0n) is 13.5. The van der Waals surface area contributed by atoms with Crippen LogP contribution in [0.25, 0.3) is 0 Å². The van der Waals surface area contributed by atoms with Gasteiger partial charge in [-0.1, -0.05) is 47.6 Å². The van der Waals surface area contributed by atoms with E-state index in [-0.39, 0.29) is 16.3 Å². The van der Waals surface area contributed by atoms with Crippen molar-refractivity contribution in [2.75, 3.05) is 0 Å². The van der Waals surface area contributed by atoms with Crippen molar-refractivity contribution in [3.63, 3.8) is 0 Å². The summed E-state index contributed by atoms with van der Waals surface area (Å²) in [7, 11) is -1.98. The third-order valence-electron chi connectivity index (χ3n) is 3.97. The van der Waals surface area contributed by atoms with Gasteiger partial charge in [-0.15, -0.1) is 0 Å². The lowest BCUT2D eigenvalue weighted by Crippen LogP contribution is -2.44. The summed E-state index contributed by atoms with van der Waals surface area (Å²) in [5.74, 6) is 0.136. The molecule has 0 unspecified atom stereocenters. The summed E-state index contributed by atoms with van der Waals surface area (Å²) in [6.45, 7) is 17.0. The van der Waals surface area contributed by atoms with E-state index in [9.17, 15) is 4.39 Å². The first kappa shape index (κ1) is 16.2. The second-order valence-electron chi connectivity index (χ2n) is 7.76. The molecule has 0 saturated carbocycles. The maximum absolute atomic E-state index is 14.2. The highest BCUT2D eigenvalue weighted by Gasteiger charge is 2.39. The van der Waals surface area contributed by atoms with Gasteiger partial charge < -0.3 is 4.43 Å². The summed E-state index contributed by atoms with van der Waals surface area (Å²) in [4.78, 5) is 0. The van der Waals surface area contributed by atoms with Gasteiger partial charge in [0.1, 0.15) is 5.75 Å². The topological polar surface area (TPSA) is 9.23 Å². The Labute approximate surface area is 118 Å². The number of hydrogen-bond acceptors (Lipinski definition) is 1. The molecule has 19 heavy (non-hydrogen) atoms. The second kappa shape index (κ2) is 4.93. The molecule has 1 aromatic rings. The SMILES string of the molecule is CC(C)(C)c1ccc(O[Si](C)(C)C(C)(C)C)c(F)c1. The summed E-state index contributed by atoms with van der Waals surface area (Å²) in [6, 6.07) is 5.34. The summed E-state index contributed by atoms with van der Waals surface area (Å²) < 4.78 is 20.2. The molecule has 0 atom stereocenters. The van der Waals surface area contributed by atoms with Crippen LogP contribution >= 0.6 is 0 Å². The van der Waals surface area contributed by atoms with E-state index in [2.05, 4.69) is 54.6 Å². The highest BCUT2D eigenvalue weighted by atomic mass is 28.4. The van der Waals surface area contributed by atoms with Crippen LogP contribution in [0.4, 0.5) is 4.39 Å². The fourth-order valence-corrected chi connectivity index (χ4v) is 2.50. The van der Waals surface area contributed by atoms with Crippen LogP contribution in [-0.2, 0) is 5.41 Å². The van der Waals surface area contributed by atoms with Crippen LogP contribution in [0.2, 0.25) is 18.1 Å². The van der Waals surface area contributed by atoms with Gasteiger partial charge in [-0.2, -0.15) is 0 Å². The lowest BCUT2D eigenvalue weighted by molar-refractivity contribution is 0.454. The van der Waals surface area contributed by atoms with E-state index in [0.717, 1.165) is 5.56 Å². The molecule has 0 aliphatic carbocycles. The second-order valence-corrected chi connectivity index (χ2v) is 12.5. The van der Waals surface area contributed by atoms with Gasteiger partial charge in [0.25, 0.3) is 8.32 Å². The van der Waals surface area contributed by atoms with Gasteiger partial charge in [-0.3, -0.25) is 0 Å². The first-order valence-electron chi connectivity index (χ1n) is 6.84. The standard InChI is InChI=1S/C16H27FOSi/c1-15(2,3)12-9-10-14(13(17)11-12)18-19(7,8)16(4,5)6/h9-11H,1-8H3. The molecule has 0 aromatic heterocycles. The minimum Gasteiger partial charge on any atom is -0.542 e. The van der Waals surface area contributed by atoms with E-state index in [1.165, 1.54) is 0 Å². The molecule has 0 radical (unpaired) electrons. The highest BCUT2D eigenvalue weighted by molar-refractivity contribution is 6.74. The smallest absolute Gasteiger partial charge is 0.250 e. The Morgan fingerprint density at radius 3 is 1.89 bits per heavy atom. The Morgan fingerprint density at radius 2 is 1.53 bits per heavy atom. The van der Waals surface area contributed by atoms with Crippen LogP contribution in [0.1, 0.15) is 47.1 Å². The molecule has 0 aliphatic heterocycles. The Hall–Kier alpha value is -0.833. The molecule has 0 heterocycles. The first-order valence-corrected chi connectivity index (χ1v) is 9.74. The van der Waals surface area contributed by atoms with Gasteiger partial charge >= 0.3 is 0 Å². The van der Waals surface area contributed by atoms with Crippen LogP contribution in [0, 0.1) is 5.82 Å². The quantitative estimate of drug-likeness (QED) is 0.650. The summed E-state index contributed by atoms with van der Waals surface area (Å²) in [5, 5.41) is 0.0716. The van der Waals surface area contributed by atoms with Crippen molar-refractivity contribution in [3.8, 4) is 5.75 Å². The average molecular weight is 282 g/mol. The van der Waals surface area contributed by atoms with Crippen LogP contribution in [-0.4, -0.2) is 8.32 Å². The Balaban J connectivity index is 3.06. The maximum Gasteiger partial charge on any atom is 0.250 e. The van der Waals surface area contributed by atoms with Gasteiger partial charge in [-0.05, 0) is 41.2 Å². The molecule has 3 heteroatoms. The molecule has 108 valence electrons. The van der Waals surface area contributed by atoms with Crippen LogP contribution in [0.3, 0.4) is 0 Å². The monoisotopic (exact) mass is 282 g/mol. The minimum absolute atomic E-state index is 0.0453. The van der Waals surface area contributed by atoms with Crippen LogP contribution in [0.15, 0.2) is 18.2 Å². The molecule has 0 saturated heterocycles. The largest absolute Gasteiger partial charge is 0.542 e. The van der Waals surface area contributed by atoms with Crippen molar-refractivity contribution in [1.29, 1.82) is 0 Å². The lowest BCUT2D eigenvalue weighted by Gasteiger charge is -2.36. The van der Waals surface area contributed by atoms with E-state index in [1.54, 1.807) is 12.1 Å². The van der Waals surface area contributed by atoms with E-state index in [1.807, 2.05) is 6.07 Å². The summed E-state index contributed by atoms with van der Waals surface area (Å²) in [5.41, 5.74) is 0.948. The van der Waals surface area contributed by atoms with Gasteiger partial charge in [0.2, 0.25) is 0 Å². The van der Waals surface area contributed by atoms with Crippen molar-refractivity contribution in [2.45, 2.75) is 65.1 Å². The third-order valence-corrected chi connectivity index (χ3v) is 8.31. The van der Waals surface area contributed by atoms with Crippen molar-refractivity contribution >= 4 is 8.32 Å². The van der Waals surface area contributed by atoms with Gasteiger partial charge in [-0.25, -0.2) is 4.39 Å². The normalized spacial score (nSPS) is 13.5. The fourth-order valence-electron chi connectivity index (χ4n) is 1.48. The van der Waals surface area contributed by atoms with Gasteiger partial charge in [0.05, 0.1) is 0 Å². The van der Waals surface area contributed by atoms with Crippen LogP contribution < -0.4 is 4.43 Å². The number of rotatable bonds is 2. The van der Waals surface area contributed by atoms with Crippen molar-refractivity contribution in [1.82, 2.24) is 0 Å². The highest BCUT2D eigenvalue weighted by Crippen LogP contribution is 2.38. The maximum atomic E-state index is 14.2. The summed E-state index contributed by atoms with van der Waals surface area (Å²) >= 11 is 0. The number of hydrogen-bond donors (Lipinski definition) is 0. The van der Waals surface area contributed by atoms with Gasteiger partial charge in [0, 0.05) is 0 Å². The lowest BCUT2D eigenvalue weighted by atomic mass is 9.87. The zero-order chi connectivity index (χ0) is 15.1. The van der Waals surface area contributed by atoms with Gasteiger partial charge in [0.15, 0.2) is 5.82 Å². The number of halogens is 1. The predicted molar refractivity (Wildman–Crippen MR) is 82.9 cm³/mol. The Morgan fingerprint density at radius 1 is 1.00 bits per heavy atom. The van der Waals surface area contributed by atoms with Crippen LogP contribution in [0.5, 0.6) is 5.75 Å². The van der Waals surface area contributed by atoms with Crippen molar-refractivity contribution < 1.29 is 8.82 Å². The molecule has 0 spiro atoms. The predicted octanol–water partition coefficient (Wildman–Crippen LogP) is 5.51. The molecular weight excluding hydrogens is 255 g/mol. The molecule has 1 aromatic carbocycles. The molecule has 0 aliphatic rings. The summed E-state index contributed by atoms with van der Waals surface area (Å²) in [6.07, 6.45) is 0. The zero-order valence-corrected chi connectivity index (χ0v) is 14.5. The minimum atomic E-state index is -1.98. The van der Waals surface area contributed by atoms with E-state index < -0.39 is 8.32 Å². The van der Waals surface area contributed by atoms with E-state index >= 15 is 0 Å².